The van der Waals surface area contributed by atoms with Gasteiger partial charge >= 0.3 is 0 Å². The predicted molar refractivity (Wildman–Crippen MR) is 93.4 cm³/mol. The molecule has 3 rings (SSSR count). The van der Waals surface area contributed by atoms with Crippen LogP contribution in [-0.2, 0) is 14.4 Å². The molecule has 134 valence electrons. The van der Waals surface area contributed by atoms with Gasteiger partial charge in [-0.2, -0.15) is 0 Å². The molecule has 0 bridgehead atoms. The normalized spacial score (nSPS) is 27.9. The molecule has 1 unspecified atom stereocenters. The molecule has 3 aliphatic rings. The quantitative estimate of drug-likeness (QED) is 0.794. The SMILES string of the molecule is NC(=O)C1CSCC(=O)N1C1(C(=O)NC2CCCCC2)CCCC1. The smallest absolute Gasteiger partial charge is 0.246 e. The first-order valence-electron chi connectivity index (χ1n) is 9.05. The molecule has 2 saturated carbocycles. The zero-order chi connectivity index (χ0) is 17.2. The van der Waals surface area contributed by atoms with E-state index in [1.807, 2.05) is 0 Å². The summed E-state index contributed by atoms with van der Waals surface area (Å²) in [5.41, 5.74) is 4.67. The first kappa shape index (κ1) is 17.6. The number of carbonyl (C=O) groups is 3. The van der Waals surface area contributed by atoms with Gasteiger partial charge < -0.3 is 16.0 Å². The summed E-state index contributed by atoms with van der Waals surface area (Å²) in [6.45, 7) is 0. The fourth-order valence-electron chi connectivity index (χ4n) is 4.43. The first-order valence-corrected chi connectivity index (χ1v) is 10.2. The Morgan fingerprint density at radius 1 is 1.12 bits per heavy atom. The van der Waals surface area contributed by atoms with E-state index in [0.717, 1.165) is 38.5 Å². The van der Waals surface area contributed by atoms with Crippen molar-refractivity contribution in [3.05, 3.63) is 0 Å². The third-order valence-electron chi connectivity index (χ3n) is 5.66. The molecule has 3 N–H and O–H groups in total. The molecular formula is C17H27N3O3S. The number of primary amides is 1. The highest BCUT2D eigenvalue weighted by Gasteiger charge is 2.53. The minimum absolute atomic E-state index is 0.0709. The first-order chi connectivity index (χ1) is 11.5. The van der Waals surface area contributed by atoms with Gasteiger partial charge in [0, 0.05) is 11.8 Å². The Morgan fingerprint density at radius 2 is 1.79 bits per heavy atom. The van der Waals surface area contributed by atoms with Crippen LogP contribution in [0.25, 0.3) is 0 Å². The Hall–Kier alpha value is -1.24. The van der Waals surface area contributed by atoms with Gasteiger partial charge in [0.1, 0.15) is 11.6 Å². The van der Waals surface area contributed by atoms with Crippen LogP contribution < -0.4 is 11.1 Å². The van der Waals surface area contributed by atoms with Gasteiger partial charge in [-0.05, 0) is 25.7 Å². The van der Waals surface area contributed by atoms with Gasteiger partial charge in [-0.15, -0.1) is 11.8 Å². The molecule has 0 aromatic heterocycles. The molecule has 3 amide bonds. The minimum atomic E-state index is -0.880. The number of thioether (sulfide) groups is 1. The number of hydrogen-bond acceptors (Lipinski definition) is 4. The fraction of sp³-hybridized carbons (Fsp3) is 0.824. The van der Waals surface area contributed by atoms with E-state index in [0.29, 0.717) is 24.3 Å². The van der Waals surface area contributed by atoms with Crippen LogP contribution >= 0.6 is 11.8 Å². The van der Waals surface area contributed by atoms with E-state index in [2.05, 4.69) is 5.32 Å². The zero-order valence-corrected chi connectivity index (χ0v) is 14.9. The van der Waals surface area contributed by atoms with Crippen molar-refractivity contribution >= 4 is 29.5 Å². The Bertz CT molecular complexity index is 513. The standard InChI is InChI=1S/C17H27N3O3S/c18-15(22)13-10-24-11-14(21)20(13)17(8-4-5-9-17)16(23)19-12-6-2-1-3-7-12/h12-13H,1-11H2,(H2,18,22)(H,19,23). The number of nitrogens with zero attached hydrogens (tertiary/aromatic N) is 1. The van der Waals surface area contributed by atoms with E-state index >= 15 is 0 Å². The topological polar surface area (TPSA) is 92.5 Å². The maximum absolute atomic E-state index is 13.2. The Kier molecular flexibility index (Phi) is 5.37. The van der Waals surface area contributed by atoms with E-state index in [9.17, 15) is 14.4 Å². The number of nitrogens with one attached hydrogen (secondary N) is 1. The third-order valence-corrected chi connectivity index (χ3v) is 6.67. The Morgan fingerprint density at radius 3 is 2.42 bits per heavy atom. The van der Waals surface area contributed by atoms with E-state index in [-0.39, 0.29) is 17.9 Å². The van der Waals surface area contributed by atoms with E-state index in [1.165, 1.54) is 18.2 Å². The Balaban J connectivity index is 1.84. The molecule has 1 saturated heterocycles. The summed E-state index contributed by atoms with van der Waals surface area (Å²) < 4.78 is 0. The zero-order valence-electron chi connectivity index (χ0n) is 14.1. The maximum Gasteiger partial charge on any atom is 0.246 e. The highest BCUT2D eigenvalue weighted by molar-refractivity contribution is 8.00. The summed E-state index contributed by atoms with van der Waals surface area (Å²) >= 11 is 1.42. The van der Waals surface area contributed by atoms with Crippen LogP contribution in [-0.4, -0.2) is 51.7 Å². The largest absolute Gasteiger partial charge is 0.368 e. The summed E-state index contributed by atoms with van der Waals surface area (Å²) in [4.78, 5) is 39.3. The van der Waals surface area contributed by atoms with Crippen LogP contribution in [0, 0.1) is 0 Å². The lowest BCUT2D eigenvalue weighted by atomic mass is 9.89. The monoisotopic (exact) mass is 353 g/mol. The number of nitrogens with two attached hydrogens (primary N) is 1. The third kappa shape index (κ3) is 3.27. The number of amides is 3. The molecule has 2 aliphatic carbocycles. The second-order valence-electron chi connectivity index (χ2n) is 7.24. The van der Waals surface area contributed by atoms with Gasteiger partial charge in [0.25, 0.3) is 0 Å². The molecule has 1 heterocycles. The summed E-state index contributed by atoms with van der Waals surface area (Å²) in [5.74, 6) is 0.100. The van der Waals surface area contributed by atoms with E-state index < -0.39 is 17.5 Å². The highest BCUT2D eigenvalue weighted by atomic mass is 32.2. The Labute approximate surface area is 147 Å². The van der Waals surface area contributed by atoms with Crippen LogP contribution in [0.3, 0.4) is 0 Å². The van der Waals surface area contributed by atoms with Crippen LogP contribution in [0.1, 0.15) is 57.8 Å². The fourth-order valence-corrected chi connectivity index (χ4v) is 5.39. The average Bonchev–Trinajstić information content (AvgIpc) is 3.06. The molecule has 24 heavy (non-hydrogen) atoms. The lowest BCUT2D eigenvalue weighted by molar-refractivity contribution is -0.153. The second kappa shape index (κ2) is 7.33. The molecule has 1 aliphatic heterocycles. The van der Waals surface area contributed by atoms with E-state index in [4.69, 9.17) is 5.73 Å². The van der Waals surface area contributed by atoms with Crippen LogP contribution in [0.15, 0.2) is 0 Å². The van der Waals surface area contributed by atoms with Crippen LogP contribution in [0.5, 0.6) is 0 Å². The van der Waals surface area contributed by atoms with Gasteiger partial charge in [-0.3, -0.25) is 14.4 Å². The van der Waals surface area contributed by atoms with Crippen molar-refractivity contribution in [2.24, 2.45) is 5.73 Å². The van der Waals surface area contributed by atoms with Gasteiger partial charge in [-0.25, -0.2) is 0 Å². The van der Waals surface area contributed by atoms with Crippen LogP contribution in [0.4, 0.5) is 0 Å². The number of rotatable bonds is 4. The average molecular weight is 353 g/mol. The number of hydrogen-bond donors (Lipinski definition) is 2. The summed E-state index contributed by atoms with van der Waals surface area (Å²) in [6, 6.07) is -0.475. The molecular weight excluding hydrogens is 326 g/mol. The minimum Gasteiger partial charge on any atom is -0.368 e. The van der Waals surface area contributed by atoms with Crippen LogP contribution in [0.2, 0.25) is 0 Å². The lowest BCUT2D eigenvalue weighted by Gasteiger charge is -2.46. The van der Waals surface area contributed by atoms with Crippen molar-refractivity contribution < 1.29 is 14.4 Å². The lowest BCUT2D eigenvalue weighted by Crippen LogP contribution is -2.67. The van der Waals surface area contributed by atoms with Gasteiger partial charge in [0.2, 0.25) is 17.7 Å². The van der Waals surface area contributed by atoms with Crippen molar-refractivity contribution in [2.75, 3.05) is 11.5 Å². The van der Waals surface area contributed by atoms with Gasteiger partial charge in [0.05, 0.1) is 5.75 Å². The maximum atomic E-state index is 13.2. The molecule has 0 spiro atoms. The summed E-state index contributed by atoms with van der Waals surface area (Å²) in [7, 11) is 0. The summed E-state index contributed by atoms with van der Waals surface area (Å²) in [5, 5.41) is 3.19. The molecule has 0 aromatic carbocycles. The molecule has 6 nitrogen and oxygen atoms in total. The van der Waals surface area contributed by atoms with Gasteiger partial charge in [0.15, 0.2) is 0 Å². The van der Waals surface area contributed by atoms with Crippen molar-refractivity contribution in [3.8, 4) is 0 Å². The summed E-state index contributed by atoms with van der Waals surface area (Å²) in [6.07, 6.45) is 8.58. The molecule has 1 atom stereocenters. The van der Waals surface area contributed by atoms with Crippen molar-refractivity contribution in [3.63, 3.8) is 0 Å². The second-order valence-corrected chi connectivity index (χ2v) is 8.27. The molecule has 3 fully saturated rings. The molecule has 0 radical (unpaired) electrons. The van der Waals surface area contributed by atoms with Gasteiger partial charge in [-0.1, -0.05) is 32.1 Å². The molecule has 0 aromatic rings. The van der Waals surface area contributed by atoms with Crippen molar-refractivity contribution in [1.29, 1.82) is 0 Å². The highest BCUT2D eigenvalue weighted by Crippen LogP contribution is 2.39. The number of carbonyl (C=O) groups excluding carboxylic acids is 3. The van der Waals surface area contributed by atoms with Crippen molar-refractivity contribution in [2.45, 2.75) is 75.4 Å². The van der Waals surface area contributed by atoms with E-state index in [1.54, 1.807) is 4.90 Å². The van der Waals surface area contributed by atoms with Crippen molar-refractivity contribution in [1.82, 2.24) is 10.2 Å². The predicted octanol–water partition coefficient (Wildman–Crippen LogP) is 1.18. The molecule has 7 heteroatoms.